The van der Waals surface area contributed by atoms with Crippen LogP contribution >= 0.6 is 47.1 Å². The smallest absolute Gasteiger partial charge is 0.184 e. The summed E-state index contributed by atoms with van der Waals surface area (Å²) in [6, 6.07) is 4.48. The van der Waals surface area contributed by atoms with E-state index in [1.54, 1.807) is 0 Å². The second-order valence-corrected chi connectivity index (χ2v) is 8.94. The van der Waals surface area contributed by atoms with Crippen molar-refractivity contribution in [3.05, 3.63) is 17.0 Å². The number of nitrogens with zero attached hydrogens (tertiary/aromatic N) is 1. The van der Waals surface area contributed by atoms with Gasteiger partial charge in [0.2, 0.25) is 0 Å². The maximum Gasteiger partial charge on any atom is 0.184 e. The Morgan fingerprint density at radius 3 is 2.95 bits per heavy atom. The van der Waals surface area contributed by atoms with Crippen LogP contribution in [0.5, 0.6) is 0 Å². The van der Waals surface area contributed by atoms with E-state index in [0.717, 1.165) is 24.3 Å². The molecule has 0 radical (unpaired) electrons. The van der Waals surface area contributed by atoms with Gasteiger partial charge in [-0.05, 0) is 37.2 Å². The molecule has 0 aliphatic carbocycles. The van der Waals surface area contributed by atoms with Crippen LogP contribution in [0, 0.1) is 0 Å². The Hall–Kier alpha value is -0.240. The predicted molar refractivity (Wildman–Crippen MR) is 97.0 cm³/mol. The molecule has 0 spiro atoms. The van der Waals surface area contributed by atoms with Gasteiger partial charge in [0.05, 0.1) is 9.25 Å². The normalized spacial score (nSPS) is 24.2. The summed E-state index contributed by atoms with van der Waals surface area (Å²) in [7, 11) is 0. The molecule has 1 fully saturated rings. The number of hydrazone groups is 1. The third kappa shape index (κ3) is 4.38. The van der Waals surface area contributed by atoms with Crippen molar-refractivity contribution < 1.29 is 0 Å². The van der Waals surface area contributed by atoms with Crippen LogP contribution in [-0.2, 0) is 6.42 Å². The number of aryl methyl sites for hydroxylation is 1. The molecule has 1 aliphatic heterocycles. The van der Waals surface area contributed by atoms with Crippen LogP contribution in [0.3, 0.4) is 0 Å². The average Bonchev–Trinajstić information content (AvgIpc) is 3.03. The summed E-state index contributed by atoms with van der Waals surface area (Å²) in [6.45, 7) is 4.44. The molecule has 20 heavy (non-hydrogen) atoms. The van der Waals surface area contributed by atoms with Gasteiger partial charge in [-0.3, -0.25) is 5.43 Å². The zero-order valence-electron chi connectivity index (χ0n) is 11.6. The highest BCUT2D eigenvalue weighted by atomic mass is 32.2. The monoisotopic (exact) mass is 345 g/mol. The van der Waals surface area contributed by atoms with Crippen LogP contribution in [0.25, 0.3) is 0 Å². The Balaban J connectivity index is 1.99. The van der Waals surface area contributed by atoms with Crippen molar-refractivity contribution in [2.45, 2.75) is 47.8 Å². The molecule has 1 aliphatic rings. The highest BCUT2D eigenvalue weighted by Crippen LogP contribution is 2.43. The highest BCUT2D eigenvalue weighted by molar-refractivity contribution is 8.16. The quantitative estimate of drug-likeness (QED) is 0.627. The molecule has 3 nitrogen and oxygen atoms in total. The molecule has 0 aromatic carbocycles. The summed E-state index contributed by atoms with van der Waals surface area (Å²) >= 11 is 10.5. The van der Waals surface area contributed by atoms with E-state index in [1.807, 2.05) is 34.9 Å². The molecule has 0 amide bonds. The van der Waals surface area contributed by atoms with E-state index in [-0.39, 0.29) is 5.11 Å². The average molecular weight is 346 g/mol. The molecule has 0 unspecified atom stereocenters. The van der Waals surface area contributed by atoms with Gasteiger partial charge in [0.1, 0.15) is 0 Å². The topological polar surface area (TPSA) is 50.4 Å². The molecule has 0 saturated carbocycles. The van der Waals surface area contributed by atoms with Crippen molar-refractivity contribution in [3.63, 3.8) is 0 Å². The lowest BCUT2D eigenvalue weighted by Gasteiger charge is -2.14. The number of nitrogens with two attached hydrogens (primary N) is 1. The van der Waals surface area contributed by atoms with Gasteiger partial charge in [-0.1, -0.05) is 13.8 Å². The van der Waals surface area contributed by atoms with Crippen molar-refractivity contribution in [2.75, 3.05) is 0 Å². The maximum absolute atomic E-state index is 5.41. The van der Waals surface area contributed by atoms with Gasteiger partial charge in [-0.25, -0.2) is 0 Å². The van der Waals surface area contributed by atoms with Gasteiger partial charge in [0.15, 0.2) is 5.11 Å². The largest absolute Gasteiger partial charge is 0.375 e. The lowest BCUT2D eigenvalue weighted by atomic mass is 10.2. The first-order valence-corrected chi connectivity index (χ1v) is 9.64. The summed E-state index contributed by atoms with van der Waals surface area (Å²) in [5.74, 6) is 0. The SMILES string of the molecule is CCc1ccc(S[C@@H]2C/C(=N/NC(N)=S)S[C@H]2CC)s1. The number of rotatable bonds is 5. The summed E-state index contributed by atoms with van der Waals surface area (Å²) in [4.78, 5) is 1.45. The van der Waals surface area contributed by atoms with Gasteiger partial charge in [0.25, 0.3) is 0 Å². The molecule has 0 bridgehead atoms. The van der Waals surface area contributed by atoms with Crippen LogP contribution in [0.1, 0.15) is 31.6 Å². The van der Waals surface area contributed by atoms with Gasteiger partial charge in [-0.2, -0.15) is 5.10 Å². The van der Waals surface area contributed by atoms with Gasteiger partial charge in [-0.15, -0.1) is 34.9 Å². The molecule has 110 valence electrons. The summed E-state index contributed by atoms with van der Waals surface area (Å²) < 4.78 is 1.41. The molecule has 3 N–H and O–H groups in total. The maximum atomic E-state index is 5.41. The molecule has 7 heteroatoms. The van der Waals surface area contributed by atoms with E-state index in [9.17, 15) is 0 Å². The van der Waals surface area contributed by atoms with Crippen LogP contribution in [0.4, 0.5) is 0 Å². The number of thiophene rings is 1. The molecule has 1 aromatic heterocycles. The van der Waals surface area contributed by atoms with Gasteiger partial charge >= 0.3 is 0 Å². The van der Waals surface area contributed by atoms with Crippen molar-refractivity contribution in [1.82, 2.24) is 5.43 Å². The Morgan fingerprint density at radius 2 is 2.35 bits per heavy atom. The van der Waals surface area contributed by atoms with E-state index in [4.69, 9.17) is 18.0 Å². The van der Waals surface area contributed by atoms with Gasteiger partial charge < -0.3 is 5.73 Å². The standard InChI is InChI=1S/C13H19N3S4/c1-3-8-5-6-12(18-8)20-10-7-11(15-16-13(14)17)19-9(10)4-2/h5-6,9-10H,3-4,7H2,1-2H3,(H3,14,16,17)/b15-11-/t9-,10+/m0/s1. The van der Waals surface area contributed by atoms with Crippen LogP contribution in [-0.4, -0.2) is 20.7 Å². The number of thioether (sulfide) groups is 2. The third-order valence-corrected chi connectivity index (χ3v) is 7.51. The molecule has 1 aromatic rings. The Kier molecular flexibility index (Phi) is 6.20. The first-order chi connectivity index (χ1) is 9.62. The zero-order chi connectivity index (χ0) is 14.5. The van der Waals surface area contributed by atoms with E-state index in [2.05, 4.69) is 36.5 Å². The van der Waals surface area contributed by atoms with E-state index < -0.39 is 0 Å². The lowest BCUT2D eigenvalue weighted by molar-refractivity contribution is 0.798. The van der Waals surface area contributed by atoms with Crippen LogP contribution < -0.4 is 11.2 Å². The van der Waals surface area contributed by atoms with Crippen molar-refractivity contribution in [1.29, 1.82) is 0 Å². The first-order valence-electron chi connectivity index (χ1n) is 6.66. The molecule has 2 rings (SSSR count). The molecular weight excluding hydrogens is 326 g/mol. The predicted octanol–water partition coefficient (Wildman–Crippen LogP) is 3.83. The molecule has 1 saturated heterocycles. The fourth-order valence-corrected chi connectivity index (χ4v) is 6.23. The third-order valence-electron chi connectivity index (χ3n) is 3.02. The Labute approximate surface area is 138 Å². The lowest BCUT2D eigenvalue weighted by Crippen LogP contribution is -2.24. The summed E-state index contributed by atoms with van der Waals surface area (Å²) in [6.07, 6.45) is 3.26. The number of hydrogen-bond donors (Lipinski definition) is 2. The van der Waals surface area contributed by atoms with Crippen molar-refractivity contribution in [3.8, 4) is 0 Å². The number of thiocarbonyl (C=S) groups is 1. The summed E-state index contributed by atoms with van der Waals surface area (Å²) in [5, 5.41) is 6.82. The molecular formula is C13H19N3S4. The van der Waals surface area contributed by atoms with Gasteiger partial charge in [0, 0.05) is 21.8 Å². The van der Waals surface area contributed by atoms with E-state index in [1.165, 1.54) is 9.09 Å². The second kappa shape index (κ2) is 7.68. The van der Waals surface area contributed by atoms with Crippen LogP contribution in [0.2, 0.25) is 0 Å². The fraction of sp³-hybridized carbons (Fsp3) is 0.538. The van der Waals surface area contributed by atoms with E-state index in [0.29, 0.717) is 10.5 Å². The minimum Gasteiger partial charge on any atom is -0.375 e. The summed E-state index contributed by atoms with van der Waals surface area (Å²) in [5.41, 5.74) is 8.11. The zero-order valence-corrected chi connectivity index (χ0v) is 14.9. The Morgan fingerprint density at radius 1 is 1.55 bits per heavy atom. The van der Waals surface area contributed by atoms with Crippen molar-refractivity contribution >= 4 is 57.2 Å². The Bertz CT molecular complexity index is 498. The van der Waals surface area contributed by atoms with E-state index >= 15 is 0 Å². The number of nitrogens with one attached hydrogen (secondary N) is 1. The first kappa shape index (κ1) is 16.1. The van der Waals surface area contributed by atoms with Crippen molar-refractivity contribution in [2.24, 2.45) is 10.8 Å². The second-order valence-electron chi connectivity index (χ2n) is 4.48. The molecule has 2 atom stereocenters. The minimum absolute atomic E-state index is 0.230. The number of hydrogen-bond acceptors (Lipinski definition) is 5. The highest BCUT2D eigenvalue weighted by Gasteiger charge is 2.32. The van der Waals surface area contributed by atoms with Crippen LogP contribution in [0.15, 0.2) is 21.4 Å². The molecule has 2 heterocycles. The fourth-order valence-electron chi connectivity index (χ4n) is 2.02. The minimum atomic E-state index is 0.230.